The first-order valence-corrected chi connectivity index (χ1v) is 7.99. The van der Waals surface area contributed by atoms with Gasteiger partial charge >= 0.3 is 0 Å². The van der Waals surface area contributed by atoms with E-state index in [1.165, 1.54) is 11.1 Å². The van der Waals surface area contributed by atoms with Gasteiger partial charge in [-0.05, 0) is 38.5 Å². The van der Waals surface area contributed by atoms with E-state index in [0.29, 0.717) is 0 Å². The molecule has 4 aromatic rings. The first kappa shape index (κ1) is 14.7. The number of aryl methyl sites for hydroxylation is 3. The summed E-state index contributed by atoms with van der Waals surface area (Å²) in [7, 11) is 0. The highest BCUT2D eigenvalue weighted by Crippen LogP contribution is 2.35. The lowest BCUT2D eigenvalue weighted by Crippen LogP contribution is -2.07. The van der Waals surface area contributed by atoms with Gasteiger partial charge in [0.25, 0.3) is 0 Å². The SMILES string of the molecule is Cc1cc(CC(c2c(C)n[nH]c2C)c2c[nH]c3ncccc23)no1. The molecular weight excluding hydrogens is 302 g/mol. The van der Waals surface area contributed by atoms with E-state index in [4.69, 9.17) is 4.52 Å². The Labute approximate surface area is 139 Å². The fraction of sp³-hybridized carbons (Fsp3) is 0.278. The minimum atomic E-state index is 0.131. The Morgan fingerprint density at radius 1 is 1.25 bits per heavy atom. The molecule has 0 saturated heterocycles. The van der Waals surface area contributed by atoms with Gasteiger partial charge in [0.2, 0.25) is 0 Å². The zero-order valence-electron chi connectivity index (χ0n) is 13.9. The van der Waals surface area contributed by atoms with Crippen LogP contribution in [0.15, 0.2) is 35.1 Å². The fourth-order valence-electron chi connectivity index (χ4n) is 3.43. The van der Waals surface area contributed by atoms with Crippen LogP contribution in [0.4, 0.5) is 0 Å². The lowest BCUT2D eigenvalue weighted by molar-refractivity contribution is 0.389. The summed E-state index contributed by atoms with van der Waals surface area (Å²) in [6.07, 6.45) is 4.59. The maximum absolute atomic E-state index is 5.25. The van der Waals surface area contributed by atoms with Crippen LogP contribution in [0.3, 0.4) is 0 Å². The van der Waals surface area contributed by atoms with E-state index in [0.717, 1.165) is 40.3 Å². The Bertz CT molecular complexity index is 974. The zero-order valence-corrected chi connectivity index (χ0v) is 13.9. The van der Waals surface area contributed by atoms with Crippen molar-refractivity contribution in [3.05, 3.63) is 64.6 Å². The topological polar surface area (TPSA) is 83.4 Å². The van der Waals surface area contributed by atoms with Crippen LogP contribution < -0.4 is 0 Å². The fourth-order valence-corrected chi connectivity index (χ4v) is 3.43. The molecule has 0 aromatic carbocycles. The Morgan fingerprint density at radius 3 is 2.83 bits per heavy atom. The van der Waals surface area contributed by atoms with Crippen molar-refractivity contribution in [2.45, 2.75) is 33.1 Å². The summed E-state index contributed by atoms with van der Waals surface area (Å²) in [5.41, 5.74) is 6.34. The molecule has 0 aliphatic rings. The maximum atomic E-state index is 5.25. The Kier molecular flexibility index (Phi) is 3.45. The largest absolute Gasteiger partial charge is 0.361 e. The first-order chi connectivity index (χ1) is 11.6. The molecule has 4 rings (SSSR count). The van der Waals surface area contributed by atoms with Gasteiger partial charge in [0.1, 0.15) is 11.4 Å². The average molecular weight is 321 g/mol. The first-order valence-electron chi connectivity index (χ1n) is 7.99. The van der Waals surface area contributed by atoms with Crippen LogP contribution in [0.1, 0.15) is 39.9 Å². The Balaban J connectivity index is 1.87. The van der Waals surface area contributed by atoms with Crippen molar-refractivity contribution in [2.75, 3.05) is 0 Å². The van der Waals surface area contributed by atoms with Crippen molar-refractivity contribution in [1.29, 1.82) is 0 Å². The van der Waals surface area contributed by atoms with Gasteiger partial charge in [-0.15, -0.1) is 0 Å². The summed E-state index contributed by atoms with van der Waals surface area (Å²) in [5, 5.41) is 12.8. The van der Waals surface area contributed by atoms with E-state index in [1.54, 1.807) is 6.20 Å². The molecular formula is C18H19N5O. The molecule has 0 spiro atoms. The number of aromatic nitrogens is 5. The summed E-state index contributed by atoms with van der Waals surface area (Å²) < 4.78 is 5.25. The molecule has 4 heterocycles. The monoisotopic (exact) mass is 321 g/mol. The van der Waals surface area contributed by atoms with Gasteiger partial charge in [-0.25, -0.2) is 4.98 Å². The minimum absolute atomic E-state index is 0.131. The summed E-state index contributed by atoms with van der Waals surface area (Å²) in [6, 6.07) is 6.05. The molecule has 122 valence electrons. The highest BCUT2D eigenvalue weighted by molar-refractivity contribution is 5.80. The molecule has 2 N–H and O–H groups in total. The molecule has 0 radical (unpaired) electrons. The molecule has 0 bridgehead atoms. The second-order valence-electron chi connectivity index (χ2n) is 6.18. The number of pyridine rings is 1. The number of aromatic amines is 2. The quantitative estimate of drug-likeness (QED) is 0.602. The number of hydrogen-bond donors (Lipinski definition) is 2. The van der Waals surface area contributed by atoms with Crippen molar-refractivity contribution in [3.63, 3.8) is 0 Å². The third-order valence-electron chi connectivity index (χ3n) is 4.48. The lowest BCUT2D eigenvalue weighted by Gasteiger charge is -2.16. The number of fused-ring (bicyclic) bond motifs is 1. The van der Waals surface area contributed by atoms with Gasteiger partial charge in [-0.1, -0.05) is 5.16 Å². The standard InChI is InChI=1S/C18H19N5O/c1-10-7-13(23-24-10)8-15(17-11(2)21-22-12(17)3)16-9-20-18-14(16)5-4-6-19-18/h4-7,9,15H,8H2,1-3H3,(H,19,20)(H,21,22). The van der Waals surface area contributed by atoms with E-state index in [-0.39, 0.29) is 5.92 Å². The highest BCUT2D eigenvalue weighted by Gasteiger charge is 2.25. The van der Waals surface area contributed by atoms with Crippen LogP contribution in [0.25, 0.3) is 11.0 Å². The second-order valence-corrected chi connectivity index (χ2v) is 6.18. The van der Waals surface area contributed by atoms with E-state index >= 15 is 0 Å². The van der Waals surface area contributed by atoms with Crippen molar-refractivity contribution in [2.24, 2.45) is 0 Å². The highest BCUT2D eigenvalue weighted by atomic mass is 16.5. The molecule has 6 heteroatoms. The third kappa shape index (κ3) is 2.40. The number of nitrogens with zero attached hydrogens (tertiary/aromatic N) is 3. The van der Waals surface area contributed by atoms with Crippen molar-refractivity contribution >= 4 is 11.0 Å². The number of hydrogen-bond acceptors (Lipinski definition) is 4. The van der Waals surface area contributed by atoms with E-state index in [2.05, 4.69) is 38.3 Å². The van der Waals surface area contributed by atoms with Gasteiger partial charge in [0.15, 0.2) is 0 Å². The van der Waals surface area contributed by atoms with Gasteiger partial charge in [-0.3, -0.25) is 5.10 Å². The van der Waals surface area contributed by atoms with Crippen LogP contribution in [0, 0.1) is 20.8 Å². The van der Waals surface area contributed by atoms with Crippen molar-refractivity contribution in [1.82, 2.24) is 25.3 Å². The van der Waals surface area contributed by atoms with Gasteiger partial charge in [-0.2, -0.15) is 5.10 Å². The molecule has 0 aliphatic carbocycles. The molecule has 1 unspecified atom stereocenters. The van der Waals surface area contributed by atoms with Gasteiger partial charge in [0.05, 0.1) is 11.4 Å². The second kappa shape index (κ2) is 5.63. The third-order valence-corrected chi connectivity index (χ3v) is 4.48. The number of nitrogens with one attached hydrogen (secondary N) is 2. The summed E-state index contributed by atoms with van der Waals surface area (Å²) >= 11 is 0. The predicted octanol–water partition coefficient (Wildman–Crippen LogP) is 3.57. The smallest absolute Gasteiger partial charge is 0.137 e. The Morgan fingerprint density at radius 2 is 2.12 bits per heavy atom. The summed E-state index contributed by atoms with van der Waals surface area (Å²) in [4.78, 5) is 7.68. The predicted molar refractivity (Wildman–Crippen MR) is 90.9 cm³/mol. The van der Waals surface area contributed by atoms with E-state index < -0.39 is 0 Å². The van der Waals surface area contributed by atoms with Crippen LogP contribution >= 0.6 is 0 Å². The molecule has 0 amide bonds. The lowest BCUT2D eigenvalue weighted by atomic mass is 9.86. The Hall–Kier alpha value is -2.89. The summed E-state index contributed by atoms with van der Waals surface area (Å²) in [6.45, 7) is 6.01. The minimum Gasteiger partial charge on any atom is -0.361 e. The van der Waals surface area contributed by atoms with E-state index in [1.807, 2.05) is 32.2 Å². The molecule has 0 saturated carbocycles. The zero-order chi connectivity index (χ0) is 16.7. The van der Waals surface area contributed by atoms with Crippen molar-refractivity contribution in [3.8, 4) is 0 Å². The molecule has 6 nitrogen and oxygen atoms in total. The number of H-pyrrole nitrogens is 2. The normalized spacial score (nSPS) is 12.8. The molecule has 24 heavy (non-hydrogen) atoms. The van der Waals surface area contributed by atoms with E-state index in [9.17, 15) is 0 Å². The molecule has 0 aliphatic heterocycles. The van der Waals surface area contributed by atoms with Crippen molar-refractivity contribution < 1.29 is 4.52 Å². The van der Waals surface area contributed by atoms with Crippen LogP contribution in [0.2, 0.25) is 0 Å². The maximum Gasteiger partial charge on any atom is 0.137 e. The average Bonchev–Trinajstić information content (AvgIpc) is 3.26. The summed E-state index contributed by atoms with van der Waals surface area (Å²) in [5.74, 6) is 0.955. The van der Waals surface area contributed by atoms with Crippen LogP contribution in [-0.4, -0.2) is 25.3 Å². The molecule has 4 aromatic heterocycles. The van der Waals surface area contributed by atoms with Gasteiger partial charge < -0.3 is 9.51 Å². The van der Waals surface area contributed by atoms with Crippen LogP contribution in [-0.2, 0) is 6.42 Å². The number of rotatable bonds is 4. The molecule has 1 atom stereocenters. The molecule has 0 fully saturated rings. The van der Waals surface area contributed by atoms with Crippen LogP contribution in [0.5, 0.6) is 0 Å². The van der Waals surface area contributed by atoms with Gasteiger partial charge in [0, 0.05) is 47.4 Å².